The molecule has 144 valence electrons. The smallest absolute Gasteiger partial charge is 0.344 e. The molecule has 0 bridgehead atoms. The molecule has 3 aromatic rings. The lowest BCUT2D eigenvalue weighted by Crippen LogP contribution is -2.38. The molecule has 0 saturated carbocycles. The monoisotopic (exact) mass is 378 g/mol. The molecule has 2 aromatic carbocycles. The standard InChI is InChI=1S/C22H22N2O4/c25-22(20-8-9-23-21-7-2-1-6-19(20)21)28-18-5-3-4-17(16-18)27-15-12-24-10-13-26-14-11-24/h1-9,16H,10-15H2. The first kappa shape index (κ1) is 18.4. The summed E-state index contributed by atoms with van der Waals surface area (Å²) in [5.74, 6) is 0.719. The maximum Gasteiger partial charge on any atom is 0.344 e. The van der Waals surface area contributed by atoms with Crippen molar-refractivity contribution in [2.75, 3.05) is 39.5 Å². The molecule has 4 rings (SSSR count). The third kappa shape index (κ3) is 4.47. The van der Waals surface area contributed by atoms with Gasteiger partial charge in [-0.15, -0.1) is 0 Å². The minimum absolute atomic E-state index is 0.413. The minimum atomic E-state index is -0.413. The highest BCUT2D eigenvalue weighted by Gasteiger charge is 2.14. The third-order valence-electron chi connectivity index (χ3n) is 4.66. The first-order valence-corrected chi connectivity index (χ1v) is 9.38. The van der Waals surface area contributed by atoms with Gasteiger partial charge in [0.25, 0.3) is 0 Å². The van der Waals surface area contributed by atoms with Crippen molar-refractivity contribution in [1.29, 1.82) is 0 Å². The summed E-state index contributed by atoms with van der Waals surface area (Å²) < 4.78 is 16.7. The molecule has 6 nitrogen and oxygen atoms in total. The van der Waals surface area contributed by atoms with Crippen LogP contribution in [-0.4, -0.2) is 55.3 Å². The number of fused-ring (bicyclic) bond motifs is 1. The van der Waals surface area contributed by atoms with E-state index in [4.69, 9.17) is 14.2 Å². The Hall–Kier alpha value is -2.96. The number of para-hydroxylation sites is 1. The number of hydrogen-bond acceptors (Lipinski definition) is 6. The van der Waals surface area contributed by atoms with Gasteiger partial charge in [0.1, 0.15) is 18.1 Å². The van der Waals surface area contributed by atoms with Crippen LogP contribution in [0.25, 0.3) is 10.9 Å². The van der Waals surface area contributed by atoms with E-state index in [1.54, 1.807) is 24.4 Å². The van der Waals surface area contributed by atoms with E-state index in [0.717, 1.165) is 43.8 Å². The Kier molecular flexibility index (Phi) is 5.80. The van der Waals surface area contributed by atoms with Gasteiger partial charge in [-0.3, -0.25) is 9.88 Å². The van der Waals surface area contributed by atoms with E-state index >= 15 is 0 Å². The highest BCUT2D eigenvalue weighted by Crippen LogP contribution is 2.22. The van der Waals surface area contributed by atoms with Gasteiger partial charge in [-0.1, -0.05) is 24.3 Å². The number of carbonyl (C=O) groups is 1. The number of rotatable bonds is 6. The molecule has 0 atom stereocenters. The molecule has 1 aliphatic rings. The highest BCUT2D eigenvalue weighted by atomic mass is 16.5. The predicted molar refractivity (Wildman–Crippen MR) is 106 cm³/mol. The Morgan fingerprint density at radius 2 is 1.86 bits per heavy atom. The van der Waals surface area contributed by atoms with Crippen molar-refractivity contribution in [2.45, 2.75) is 0 Å². The van der Waals surface area contributed by atoms with E-state index in [-0.39, 0.29) is 0 Å². The molecule has 0 radical (unpaired) electrons. The van der Waals surface area contributed by atoms with Crippen LogP contribution in [0.15, 0.2) is 60.8 Å². The van der Waals surface area contributed by atoms with Gasteiger partial charge < -0.3 is 14.2 Å². The average molecular weight is 378 g/mol. The topological polar surface area (TPSA) is 60.9 Å². The van der Waals surface area contributed by atoms with E-state index in [9.17, 15) is 4.79 Å². The Labute approximate surface area is 163 Å². The highest BCUT2D eigenvalue weighted by molar-refractivity contribution is 6.04. The summed E-state index contributed by atoms with van der Waals surface area (Å²) >= 11 is 0. The largest absolute Gasteiger partial charge is 0.492 e. The molecule has 1 saturated heterocycles. The molecular weight excluding hydrogens is 356 g/mol. The lowest BCUT2D eigenvalue weighted by Gasteiger charge is -2.26. The number of nitrogens with zero attached hydrogens (tertiary/aromatic N) is 2. The second-order valence-corrected chi connectivity index (χ2v) is 6.54. The van der Waals surface area contributed by atoms with Gasteiger partial charge in [0.2, 0.25) is 0 Å². The second kappa shape index (κ2) is 8.82. The molecule has 0 N–H and O–H groups in total. The molecule has 0 aliphatic carbocycles. The summed E-state index contributed by atoms with van der Waals surface area (Å²) in [5.41, 5.74) is 1.25. The van der Waals surface area contributed by atoms with Crippen LogP contribution >= 0.6 is 0 Å². The number of aromatic nitrogens is 1. The zero-order chi connectivity index (χ0) is 19.2. The van der Waals surface area contributed by atoms with Crippen molar-refractivity contribution in [3.8, 4) is 11.5 Å². The van der Waals surface area contributed by atoms with Gasteiger partial charge in [-0.25, -0.2) is 4.79 Å². The number of ether oxygens (including phenoxy) is 3. The number of benzene rings is 2. The van der Waals surface area contributed by atoms with Crippen LogP contribution in [0.3, 0.4) is 0 Å². The zero-order valence-electron chi connectivity index (χ0n) is 15.5. The van der Waals surface area contributed by atoms with Crippen molar-refractivity contribution < 1.29 is 19.0 Å². The Morgan fingerprint density at radius 3 is 2.75 bits per heavy atom. The second-order valence-electron chi connectivity index (χ2n) is 6.54. The third-order valence-corrected chi connectivity index (χ3v) is 4.66. The molecular formula is C22H22N2O4. The quantitative estimate of drug-likeness (QED) is 0.485. The molecule has 0 unspecified atom stereocenters. The first-order chi connectivity index (χ1) is 13.8. The summed E-state index contributed by atoms with van der Waals surface area (Å²) in [6.45, 7) is 4.83. The van der Waals surface area contributed by atoms with Crippen molar-refractivity contribution in [3.63, 3.8) is 0 Å². The molecule has 28 heavy (non-hydrogen) atoms. The fourth-order valence-corrected chi connectivity index (χ4v) is 3.18. The summed E-state index contributed by atoms with van der Waals surface area (Å²) in [7, 11) is 0. The molecule has 0 amide bonds. The number of esters is 1. The molecule has 0 spiro atoms. The maximum absolute atomic E-state index is 12.7. The van der Waals surface area contributed by atoms with Crippen molar-refractivity contribution in [3.05, 3.63) is 66.4 Å². The van der Waals surface area contributed by atoms with Gasteiger partial charge in [-0.05, 0) is 24.3 Å². The van der Waals surface area contributed by atoms with E-state index in [1.165, 1.54) is 0 Å². The van der Waals surface area contributed by atoms with Crippen molar-refractivity contribution in [1.82, 2.24) is 9.88 Å². The Morgan fingerprint density at radius 1 is 1.04 bits per heavy atom. The van der Waals surface area contributed by atoms with Crippen LogP contribution in [0.4, 0.5) is 0 Å². The van der Waals surface area contributed by atoms with Gasteiger partial charge in [0.05, 0.1) is 24.3 Å². The van der Waals surface area contributed by atoms with E-state index in [2.05, 4.69) is 9.88 Å². The van der Waals surface area contributed by atoms with Crippen LogP contribution in [-0.2, 0) is 4.74 Å². The van der Waals surface area contributed by atoms with Gasteiger partial charge in [0.15, 0.2) is 0 Å². The van der Waals surface area contributed by atoms with Gasteiger partial charge >= 0.3 is 5.97 Å². The van der Waals surface area contributed by atoms with Crippen LogP contribution in [0.1, 0.15) is 10.4 Å². The summed E-state index contributed by atoms with van der Waals surface area (Å²) in [6, 6.07) is 16.3. The fraction of sp³-hybridized carbons (Fsp3) is 0.273. The molecule has 1 fully saturated rings. The normalized spacial score (nSPS) is 14.7. The fourth-order valence-electron chi connectivity index (χ4n) is 3.18. The molecule has 1 aromatic heterocycles. The first-order valence-electron chi connectivity index (χ1n) is 9.38. The minimum Gasteiger partial charge on any atom is -0.492 e. The Bertz CT molecular complexity index is 949. The lowest BCUT2D eigenvalue weighted by atomic mass is 10.1. The van der Waals surface area contributed by atoms with Crippen molar-refractivity contribution >= 4 is 16.9 Å². The number of carbonyl (C=O) groups excluding carboxylic acids is 1. The maximum atomic E-state index is 12.7. The van der Waals surface area contributed by atoms with Crippen LogP contribution in [0.5, 0.6) is 11.5 Å². The van der Waals surface area contributed by atoms with Crippen molar-refractivity contribution in [2.24, 2.45) is 0 Å². The summed E-state index contributed by atoms with van der Waals surface area (Å²) in [4.78, 5) is 19.2. The molecule has 1 aliphatic heterocycles. The van der Waals surface area contributed by atoms with Crippen LogP contribution < -0.4 is 9.47 Å². The van der Waals surface area contributed by atoms with Crippen LogP contribution in [0.2, 0.25) is 0 Å². The van der Waals surface area contributed by atoms with E-state index < -0.39 is 5.97 Å². The number of pyridine rings is 1. The predicted octanol–water partition coefficient (Wildman–Crippen LogP) is 3.17. The van der Waals surface area contributed by atoms with E-state index in [0.29, 0.717) is 23.7 Å². The molecule has 6 heteroatoms. The zero-order valence-corrected chi connectivity index (χ0v) is 15.5. The molecule has 2 heterocycles. The SMILES string of the molecule is O=C(Oc1cccc(OCCN2CCOCC2)c1)c1ccnc2ccccc12. The van der Waals surface area contributed by atoms with Crippen LogP contribution in [0, 0.1) is 0 Å². The number of hydrogen-bond donors (Lipinski definition) is 0. The van der Waals surface area contributed by atoms with E-state index in [1.807, 2.05) is 36.4 Å². The summed E-state index contributed by atoms with van der Waals surface area (Å²) in [6.07, 6.45) is 1.62. The number of morpholine rings is 1. The van der Waals surface area contributed by atoms with Gasteiger partial charge in [-0.2, -0.15) is 0 Å². The van der Waals surface area contributed by atoms with Gasteiger partial charge in [0, 0.05) is 37.3 Å². The average Bonchev–Trinajstić information content (AvgIpc) is 2.74. The Balaban J connectivity index is 1.39. The summed E-state index contributed by atoms with van der Waals surface area (Å²) in [5, 5.41) is 0.771. The lowest BCUT2D eigenvalue weighted by molar-refractivity contribution is 0.0322.